The van der Waals surface area contributed by atoms with Crippen molar-refractivity contribution in [2.45, 2.75) is 39.3 Å². The van der Waals surface area contributed by atoms with E-state index in [4.69, 9.17) is 9.84 Å². The number of carbonyl (C=O) groups is 1. The highest BCUT2D eigenvalue weighted by atomic mass is 32.1. The molecule has 0 spiro atoms. The molecule has 0 amide bonds. The maximum Gasteiger partial charge on any atom is 0.416 e. The number of carboxylic acid groups (broad SMARTS) is 1. The summed E-state index contributed by atoms with van der Waals surface area (Å²) in [6.45, 7) is 8.03. The molecule has 184 valence electrons. The summed E-state index contributed by atoms with van der Waals surface area (Å²) < 4.78 is 44.7. The van der Waals surface area contributed by atoms with Crippen molar-refractivity contribution in [3.63, 3.8) is 0 Å². The van der Waals surface area contributed by atoms with Gasteiger partial charge < -0.3 is 9.84 Å². The van der Waals surface area contributed by atoms with Crippen LogP contribution < -0.4 is 4.74 Å². The number of aryl methyl sites for hydroxylation is 3. The average Bonchev–Trinajstić information content (AvgIpc) is 3.26. The van der Waals surface area contributed by atoms with Crippen LogP contribution >= 0.6 is 11.3 Å². The summed E-state index contributed by atoms with van der Waals surface area (Å²) in [7, 11) is 0. The Morgan fingerprint density at radius 1 is 1.09 bits per heavy atom. The zero-order chi connectivity index (χ0) is 25.6. The van der Waals surface area contributed by atoms with E-state index in [1.54, 1.807) is 6.07 Å². The molecule has 7 heteroatoms. The monoisotopic (exact) mass is 500 g/mol. The Bertz CT molecular complexity index is 1200. The molecule has 0 bridgehead atoms. The van der Waals surface area contributed by atoms with Crippen LogP contribution in [0.2, 0.25) is 0 Å². The molecule has 0 aliphatic carbocycles. The summed E-state index contributed by atoms with van der Waals surface area (Å²) in [6, 6.07) is 12.4. The van der Waals surface area contributed by atoms with Gasteiger partial charge in [-0.3, -0.25) is 0 Å². The fourth-order valence-corrected chi connectivity index (χ4v) is 4.76. The topological polar surface area (TPSA) is 46.5 Å². The molecular weight excluding hydrogens is 473 g/mol. The van der Waals surface area contributed by atoms with Gasteiger partial charge in [0.05, 0.1) is 5.56 Å². The number of benzene rings is 2. The number of halogens is 3. The minimum Gasteiger partial charge on any atom is -0.489 e. The van der Waals surface area contributed by atoms with Crippen LogP contribution in [-0.4, -0.2) is 17.7 Å². The number of aromatic carboxylic acids is 1. The lowest BCUT2D eigenvalue weighted by Crippen LogP contribution is -2.04. The molecule has 3 aromatic rings. The molecular formula is C28H27F3O3S. The summed E-state index contributed by atoms with van der Waals surface area (Å²) in [5.74, 6) is -0.220. The van der Waals surface area contributed by atoms with Gasteiger partial charge in [-0.15, -0.1) is 17.9 Å². The molecule has 0 unspecified atom stereocenters. The molecule has 2 aromatic carbocycles. The first kappa shape index (κ1) is 26.3. The highest BCUT2D eigenvalue weighted by Crippen LogP contribution is 2.34. The zero-order valence-electron chi connectivity index (χ0n) is 19.6. The Labute approximate surface area is 207 Å². The molecule has 35 heavy (non-hydrogen) atoms. The lowest BCUT2D eigenvalue weighted by atomic mass is 9.94. The predicted molar refractivity (Wildman–Crippen MR) is 134 cm³/mol. The third-order valence-corrected chi connectivity index (χ3v) is 6.67. The van der Waals surface area contributed by atoms with Crippen LogP contribution in [0.15, 0.2) is 72.8 Å². The molecule has 1 aromatic heterocycles. The summed E-state index contributed by atoms with van der Waals surface area (Å²) in [5, 5.41) is 9.05. The highest BCUT2D eigenvalue weighted by Gasteiger charge is 2.30. The van der Waals surface area contributed by atoms with Gasteiger partial charge in [-0.05, 0) is 97.3 Å². The first-order valence-electron chi connectivity index (χ1n) is 11.1. The lowest BCUT2D eigenvalue weighted by molar-refractivity contribution is -0.137. The van der Waals surface area contributed by atoms with E-state index in [9.17, 15) is 18.0 Å². The van der Waals surface area contributed by atoms with Gasteiger partial charge in [-0.2, -0.15) is 13.2 Å². The third kappa shape index (κ3) is 7.09. The number of ether oxygens (including phenoxy) is 1. The van der Waals surface area contributed by atoms with E-state index >= 15 is 0 Å². The molecule has 0 aliphatic rings. The molecule has 0 fully saturated rings. The van der Waals surface area contributed by atoms with Gasteiger partial charge in [0, 0.05) is 4.88 Å². The summed E-state index contributed by atoms with van der Waals surface area (Å²) in [4.78, 5) is 12.4. The molecule has 3 nitrogen and oxygen atoms in total. The van der Waals surface area contributed by atoms with E-state index < -0.39 is 17.7 Å². The first-order chi connectivity index (χ1) is 16.6. The van der Waals surface area contributed by atoms with E-state index in [1.165, 1.54) is 23.5 Å². The Balaban J connectivity index is 1.67. The quantitative estimate of drug-likeness (QED) is 0.285. The van der Waals surface area contributed by atoms with Crippen LogP contribution in [0, 0.1) is 13.8 Å². The molecule has 0 saturated carbocycles. The maximum atomic E-state index is 12.9. The van der Waals surface area contributed by atoms with Crippen LogP contribution in [0.5, 0.6) is 5.75 Å². The van der Waals surface area contributed by atoms with Gasteiger partial charge in [0.1, 0.15) is 17.2 Å². The van der Waals surface area contributed by atoms with Crippen LogP contribution in [-0.2, 0) is 12.6 Å². The van der Waals surface area contributed by atoms with Crippen molar-refractivity contribution in [3.8, 4) is 16.9 Å². The van der Waals surface area contributed by atoms with Crippen molar-refractivity contribution in [3.05, 3.63) is 99.3 Å². The molecule has 0 saturated heterocycles. The number of allylic oxidation sites excluding steroid dienone is 2. The Hall–Kier alpha value is -3.32. The van der Waals surface area contributed by atoms with Gasteiger partial charge in [0.15, 0.2) is 0 Å². The van der Waals surface area contributed by atoms with Gasteiger partial charge >= 0.3 is 12.1 Å². The molecule has 0 radical (unpaired) electrons. The Morgan fingerprint density at radius 2 is 1.74 bits per heavy atom. The summed E-state index contributed by atoms with van der Waals surface area (Å²) >= 11 is 1.28. The number of thiophene rings is 1. The van der Waals surface area contributed by atoms with E-state index in [0.717, 1.165) is 57.7 Å². The van der Waals surface area contributed by atoms with Crippen molar-refractivity contribution < 1.29 is 27.8 Å². The van der Waals surface area contributed by atoms with Crippen molar-refractivity contribution in [2.24, 2.45) is 0 Å². The van der Waals surface area contributed by atoms with E-state index in [1.807, 2.05) is 38.1 Å². The lowest BCUT2D eigenvalue weighted by Gasteiger charge is -2.15. The Kier molecular flexibility index (Phi) is 8.57. The molecule has 3 rings (SSSR count). The number of carboxylic acids is 1. The van der Waals surface area contributed by atoms with Crippen molar-refractivity contribution in [2.75, 3.05) is 6.61 Å². The largest absolute Gasteiger partial charge is 0.489 e. The molecule has 1 N–H and O–H groups in total. The smallest absolute Gasteiger partial charge is 0.416 e. The van der Waals surface area contributed by atoms with Crippen molar-refractivity contribution in [1.29, 1.82) is 0 Å². The zero-order valence-corrected chi connectivity index (χ0v) is 20.4. The van der Waals surface area contributed by atoms with E-state index in [2.05, 4.69) is 12.7 Å². The molecule has 1 heterocycles. The number of hydrogen-bond acceptors (Lipinski definition) is 3. The van der Waals surface area contributed by atoms with Crippen LogP contribution in [0.3, 0.4) is 0 Å². The number of rotatable bonds is 10. The normalized spacial score (nSPS) is 12.0. The number of hydrogen-bond donors (Lipinski definition) is 1. The Morgan fingerprint density at radius 3 is 2.29 bits per heavy atom. The second kappa shape index (κ2) is 11.4. The predicted octanol–water partition coefficient (Wildman–Crippen LogP) is 8.26. The van der Waals surface area contributed by atoms with Gasteiger partial charge in [-0.25, -0.2) is 4.79 Å². The summed E-state index contributed by atoms with van der Waals surface area (Å²) in [5.41, 5.74) is 3.86. The second-order valence-corrected chi connectivity index (χ2v) is 9.43. The fourth-order valence-electron chi connectivity index (χ4n) is 3.90. The van der Waals surface area contributed by atoms with Crippen molar-refractivity contribution >= 4 is 17.3 Å². The standard InChI is InChI=1S/C28H27F3O3S/c1-4-6-20(7-5-8-24-13-14-25(35-24)27(32)33)17-34-23-15-18(2)26(19(3)16-23)21-9-11-22(12-10-21)28(29,30)31/h4,7,9-16H,1,5-6,8,17H2,2-3H3,(H,32,33). The van der Waals surface area contributed by atoms with Crippen LogP contribution in [0.4, 0.5) is 13.2 Å². The molecule has 0 atom stereocenters. The van der Waals surface area contributed by atoms with Gasteiger partial charge in [-0.1, -0.05) is 24.3 Å². The van der Waals surface area contributed by atoms with E-state index in [-0.39, 0.29) is 0 Å². The SMILES string of the molecule is C=CCC(=CCCc1ccc(C(=O)O)s1)COc1cc(C)c(-c2ccc(C(F)(F)F)cc2)c(C)c1. The minimum atomic E-state index is -4.36. The highest BCUT2D eigenvalue weighted by molar-refractivity contribution is 7.13. The van der Waals surface area contributed by atoms with Gasteiger partial charge in [0.25, 0.3) is 0 Å². The number of alkyl halides is 3. The minimum absolute atomic E-state index is 0.337. The first-order valence-corrected chi connectivity index (χ1v) is 11.9. The molecule has 0 aliphatic heterocycles. The van der Waals surface area contributed by atoms with Crippen LogP contribution in [0.25, 0.3) is 11.1 Å². The van der Waals surface area contributed by atoms with E-state index in [0.29, 0.717) is 23.7 Å². The van der Waals surface area contributed by atoms with Gasteiger partial charge in [0.2, 0.25) is 0 Å². The second-order valence-electron chi connectivity index (χ2n) is 8.26. The van der Waals surface area contributed by atoms with Crippen LogP contribution in [0.1, 0.15) is 44.1 Å². The van der Waals surface area contributed by atoms with Crippen molar-refractivity contribution in [1.82, 2.24) is 0 Å². The average molecular weight is 501 g/mol. The maximum absolute atomic E-state index is 12.9. The fraction of sp³-hybridized carbons (Fsp3) is 0.250. The summed E-state index contributed by atoms with van der Waals surface area (Å²) in [6.07, 6.45) is 1.73. The third-order valence-electron chi connectivity index (χ3n) is 5.53.